The molecule has 0 aliphatic carbocycles. The maximum Gasteiger partial charge on any atom is 0.261 e. The number of rotatable bonds is 5. The van der Waals surface area contributed by atoms with Gasteiger partial charge in [-0.1, -0.05) is 6.42 Å². The van der Waals surface area contributed by atoms with Gasteiger partial charge in [-0.25, -0.2) is 8.42 Å². The normalized spacial score (nSPS) is 17.1. The van der Waals surface area contributed by atoms with E-state index in [1.165, 1.54) is 25.3 Å². The minimum atomic E-state index is -3.67. The summed E-state index contributed by atoms with van der Waals surface area (Å²) in [5.74, 6) is 0.714. The van der Waals surface area contributed by atoms with E-state index in [0.717, 1.165) is 25.2 Å². The van der Waals surface area contributed by atoms with Crippen molar-refractivity contribution >= 4 is 19.7 Å². The summed E-state index contributed by atoms with van der Waals surface area (Å²) in [6.45, 7) is 5.64. The third kappa shape index (κ3) is 4.36. The number of piperidine rings is 1. The summed E-state index contributed by atoms with van der Waals surface area (Å²) in [4.78, 5) is 2.51. The van der Waals surface area contributed by atoms with Crippen molar-refractivity contribution in [1.29, 1.82) is 0 Å². The molecule has 2 rings (SSSR count). The topological polar surface area (TPSA) is 46.6 Å². The quantitative estimate of drug-likeness (QED) is 0.783. The van der Waals surface area contributed by atoms with Crippen LogP contribution < -0.4 is 4.74 Å². The van der Waals surface area contributed by atoms with Gasteiger partial charge in [0.1, 0.15) is 12.4 Å². The zero-order valence-corrected chi connectivity index (χ0v) is 13.2. The molecule has 0 amide bonds. The predicted molar refractivity (Wildman–Crippen MR) is 80.0 cm³/mol. The molecule has 4 nitrogen and oxygen atoms in total. The second kappa shape index (κ2) is 6.78. The summed E-state index contributed by atoms with van der Waals surface area (Å²) in [5.41, 5.74) is 0.783. The highest BCUT2D eigenvalue weighted by Crippen LogP contribution is 2.23. The van der Waals surface area contributed by atoms with E-state index in [-0.39, 0.29) is 4.90 Å². The molecule has 1 saturated heterocycles. The van der Waals surface area contributed by atoms with Gasteiger partial charge in [-0.3, -0.25) is 4.90 Å². The van der Waals surface area contributed by atoms with Gasteiger partial charge in [0, 0.05) is 17.2 Å². The van der Waals surface area contributed by atoms with Crippen LogP contribution in [0.15, 0.2) is 23.1 Å². The molecule has 1 fully saturated rings. The molecule has 112 valence electrons. The van der Waals surface area contributed by atoms with E-state index in [2.05, 4.69) is 4.90 Å². The van der Waals surface area contributed by atoms with Gasteiger partial charge in [0.2, 0.25) is 0 Å². The Morgan fingerprint density at radius 1 is 1.25 bits per heavy atom. The second-order valence-corrected chi connectivity index (χ2v) is 7.68. The van der Waals surface area contributed by atoms with Crippen molar-refractivity contribution in [2.45, 2.75) is 31.1 Å². The summed E-state index contributed by atoms with van der Waals surface area (Å²) in [6.07, 6.45) is 3.85. The minimum absolute atomic E-state index is 0.111. The summed E-state index contributed by atoms with van der Waals surface area (Å²) in [6, 6.07) is 4.69. The van der Waals surface area contributed by atoms with Crippen molar-refractivity contribution in [2.24, 2.45) is 0 Å². The second-order valence-electron chi connectivity index (χ2n) is 5.12. The summed E-state index contributed by atoms with van der Waals surface area (Å²) < 4.78 is 28.2. The van der Waals surface area contributed by atoms with Crippen LogP contribution in [0.25, 0.3) is 0 Å². The molecule has 1 aliphatic rings. The maximum absolute atomic E-state index is 11.2. The Morgan fingerprint density at radius 3 is 2.55 bits per heavy atom. The van der Waals surface area contributed by atoms with Gasteiger partial charge in [0.15, 0.2) is 0 Å². The Labute approximate surface area is 125 Å². The fourth-order valence-electron chi connectivity index (χ4n) is 2.40. The number of benzene rings is 1. The van der Waals surface area contributed by atoms with Crippen LogP contribution in [0.2, 0.25) is 0 Å². The molecule has 20 heavy (non-hydrogen) atoms. The minimum Gasteiger partial charge on any atom is -0.492 e. The average Bonchev–Trinajstić information content (AvgIpc) is 2.40. The monoisotopic (exact) mass is 317 g/mol. The molecule has 6 heteroatoms. The first-order chi connectivity index (χ1) is 9.47. The van der Waals surface area contributed by atoms with Gasteiger partial charge in [0.25, 0.3) is 9.05 Å². The maximum atomic E-state index is 11.2. The number of ether oxygens (including phenoxy) is 1. The first-order valence-corrected chi connectivity index (χ1v) is 9.18. The SMILES string of the molecule is Cc1cc(S(=O)(=O)Cl)ccc1OCCN1CCCCC1. The molecule has 1 aromatic rings. The van der Waals surface area contributed by atoms with E-state index in [4.69, 9.17) is 15.4 Å². The number of aryl methyl sites for hydroxylation is 1. The highest BCUT2D eigenvalue weighted by molar-refractivity contribution is 8.13. The molecule has 0 atom stereocenters. The van der Waals surface area contributed by atoms with E-state index < -0.39 is 9.05 Å². The molecular formula is C14H20ClNO3S. The van der Waals surface area contributed by atoms with Gasteiger partial charge >= 0.3 is 0 Å². The molecule has 0 spiro atoms. The fourth-order valence-corrected chi connectivity index (χ4v) is 3.24. The Kier molecular flexibility index (Phi) is 5.29. The predicted octanol–water partition coefficient (Wildman–Crippen LogP) is 2.79. The lowest BCUT2D eigenvalue weighted by molar-refractivity contribution is 0.183. The Balaban J connectivity index is 1.90. The van der Waals surface area contributed by atoms with Crippen LogP contribution in [-0.2, 0) is 9.05 Å². The molecule has 1 aliphatic heterocycles. The lowest BCUT2D eigenvalue weighted by Crippen LogP contribution is -2.33. The molecule has 0 radical (unpaired) electrons. The third-order valence-corrected chi connectivity index (χ3v) is 4.89. The van der Waals surface area contributed by atoms with Crippen LogP contribution in [0.3, 0.4) is 0 Å². The van der Waals surface area contributed by atoms with Gasteiger partial charge in [-0.2, -0.15) is 0 Å². The van der Waals surface area contributed by atoms with Crippen LogP contribution in [0.4, 0.5) is 0 Å². The van der Waals surface area contributed by atoms with Gasteiger partial charge in [-0.15, -0.1) is 0 Å². The number of hydrogen-bond donors (Lipinski definition) is 0. The largest absolute Gasteiger partial charge is 0.492 e. The van der Waals surface area contributed by atoms with Crippen LogP contribution in [-0.4, -0.2) is 39.6 Å². The van der Waals surface area contributed by atoms with Gasteiger partial charge in [0.05, 0.1) is 4.90 Å². The van der Waals surface area contributed by atoms with Crippen molar-refractivity contribution in [3.63, 3.8) is 0 Å². The van der Waals surface area contributed by atoms with Crippen molar-refractivity contribution in [3.8, 4) is 5.75 Å². The average molecular weight is 318 g/mol. The zero-order valence-electron chi connectivity index (χ0n) is 11.6. The van der Waals surface area contributed by atoms with Crippen molar-refractivity contribution < 1.29 is 13.2 Å². The smallest absolute Gasteiger partial charge is 0.261 e. The molecular weight excluding hydrogens is 298 g/mol. The first-order valence-electron chi connectivity index (χ1n) is 6.87. The molecule has 0 unspecified atom stereocenters. The number of likely N-dealkylation sites (tertiary alicyclic amines) is 1. The molecule has 1 heterocycles. The molecule has 0 saturated carbocycles. The highest BCUT2D eigenvalue weighted by atomic mass is 35.7. The van der Waals surface area contributed by atoms with E-state index >= 15 is 0 Å². The Bertz CT molecular complexity index is 554. The lowest BCUT2D eigenvalue weighted by atomic mass is 10.1. The Morgan fingerprint density at radius 2 is 1.95 bits per heavy atom. The van der Waals surface area contributed by atoms with Crippen molar-refractivity contribution in [1.82, 2.24) is 4.90 Å². The van der Waals surface area contributed by atoms with Crippen molar-refractivity contribution in [2.75, 3.05) is 26.2 Å². The number of hydrogen-bond acceptors (Lipinski definition) is 4. The highest BCUT2D eigenvalue weighted by Gasteiger charge is 2.13. The number of nitrogens with zero attached hydrogens (tertiary/aromatic N) is 1. The summed E-state index contributed by atoms with van der Waals surface area (Å²) in [7, 11) is 1.64. The summed E-state index contributed by atoms with van der Waals surface area (Å²) in [5, 5.41) is 0. The van der Waals surface area contributed by atoms with E-state index in [9.17, 15) is 8.42 Å². The van der Waals surface area contributed by atoms with Crippen LogP contribution >= 0.6 is 10.7 Å². The van der Waals surface area contributed by atoms with Crippen LogP contribution in [0, 0.1) is 6.92 Å². The lowest BCUT2D eigenvalue weighted by Gasteiger charge is -2.26. The molecule has 0 bridgehead atoms. The van der Waals surface area contributed by atoms with Gasteiger partial charge in [-0.05, 0) is 56.6 Å². The standard InChI is InChI=1S/C14H20ClNO3S/c1-12-11-13(20(15,17)18)5-6-14(12)19-10-9-16-7-3-2-4-8-16/h5-6,11H,2-4,7-10H2,1H3. The number of halogens is 1. The van der Waals surface area contributed by atoms with Crippen molar-refractivity contribution in [3.05, 3.63) is 23.8 Å². The third-order valence-electron chi connectivity index (χ3n) is 3.54. The zero-order chi connectivity index (χ0) is 14.6. The fraction of sp³-hybridized carbons (Fsp3) is 0.571. The van der Waals surface area contributed by atoms with Crippen LogP contribution in [0.5, 0.6) is 5.75 Å². The van der Waals surface area contributed by atoms with E-state index in [1.807, 2.05) is 6.92 Å². The molecule has 1 aromatic carbocycles. The summed E-state index contributed by atoms with van der Waals surface area (Å²) >= 11 is 0. The van der Waals surface area contributed by atoms with E-state index in [0.29, 0.717) is 12.4 Å². The van der Waals surface area contributed by atoms with E-state index in [1.54, 1.807) is 12.1 Å². The molecule has 0 N–H and O–H groups in total. The first kappa shape index (κ1) is 15.6. The van der Waals surface area contributed by atoms with Gasteiger partial charge < -0.3 is 4.74 Å². The van der Waals surface area contributed by atoms with Crippen LogP contribution in [0.1, 0.15) is 24.8 Å². The Hall–Kier alpha value is -0.780. The molecule has 0 aromatic heterocycles.